The third-order valence-corrected chi connectivity index (χ3v) is 3.45. The number of nitrogens with zero attached hydrogens (tertiary/aromatic N) is 1. The highest BCUT2D eigenvalue weighted by atomic mass is 16.3. The Hall–Kier alpha value is -1.55. The van der Waals surface area contributed by atoms with Crippen molar-refractivity contribution in [3.8, 4) is 5.75 Å². The quantitative estimate of drug-likeness (QED) is 0.857. The van der Waals surface area contributed by atoms with Crippen molar-refractivity contribution in [1.29, 1.82) is 0 Å². The molecule has 0 aliphatic carbocycles. The predicted molar refractivity (Wildman–Crippen MR) is 76.7 cm³/mol. The van der Waals surface area contributed by atoms with Gasteiger partial charge in [0.1, 0.15) is 5.75 Å². The van der Waals surface area contributed by atoms with E-state index in [4.69, 9.17) is 5.73 Å². The van der Waals surface area contributed by atoms with Crippen molar-refractivity contribution < 1.29 is 9.90 Å². The van der Waals surface area contributed by atoms with Gasteiger partial charge in [0, 0.05) is 6.54 Å². The summed E-state index contributed by atoms with van der Waals surface area (Å²) in [7, 11) is 0. The molecule has 0 saturated heterocycles. The van der Waals surface area contributed by atoms with E-state index in [1.165, 1.54) is 0 Å². The van der Waals surface area contributed by atoms with Crippen molar-refractivity contribution in [3.63, 3.8) is 0 Å². The van der Waals surface area contributed by atoms with Gasteiger partial charge in [-0.3, -0.25) is 4.79 Å². The summed E-state index contributed by atoms with van der Waals surface area (Å²) in [5.41, 5.74) is 6.85. The van der Waals surface area contributed by atoms with E-state index in [1.807, 2.05) is 33.8 Å². The smallest absolute Gasteiger partial charge is 0.240 e. The predicted octanol–water partition coefficient (Wildman–Crippen LogP) is 2.28. The molecule has 4 heteroatoms. The first kappa shape index (κ1) is 15.5. The van der Waals surface area contributed by atoms with Gasteiger partial charge in [-0.1, -0.05) is 26.0 Å². The first-order valence-electron chi connectivity index (χ1n) is 6.73. The summed E-state index contributed by atoms with van der Waals surface area (Å²) in [4.78, 5) is 14.1. The molecule has 0 bridgehead atoms. The second kappa shape index (κ2) is 6.57. The fraction of sp³-hybridized carbons (Fsp3) is 0.533. The Morgan fingerprint density at radius 2 is 2.00 bits per heavy atom. The highest BCUT2D eigenvalue weighted by Crippen LogP contribution is 2.24. The molecule has 0 aliphatic heterocycles. The molecule has 0 aromatic heterocycles. The number of nitrogens with two attached hydrogens (primary N) is 1. The van der Waals surface area contributed by atoms with Crippen LogP contribution in [0.25, 0.3) is 0 Å². The van der Waals surface area contributed by atoms with Crippen LogP contribution in [-0.4, -0.2) is 28.5 Å². The van der Waals surface area contributed by atoms with Gasteiger partial charge in [-0.15, -0.1) is 0 Å². The van der Waals surface area contributed by atoms with E-state index >= 15 is 0 Å². The number of benzene rings is 1. The lowest BCUT2D eigenvalue weighted by molar-refractivity contribution is -0.135. The highest BCUT2D eigenvalue weighted by molar-refractivity contribution is 5.82. The molecule has 1 amide bonds. The Bertz CT molecular complexity index is 432. The standard InChI is InChI=1S/C15H24N2O2/c1-5-17(15(19)14(16)10(2)3)11(4)12-7-6-8-13(18)9-12/h6-11,14,18H,5,16H2,1-4H3/t11?,14-/m0/s1. The van der Waals surface area contributed by atoms with E-state index in [-0.39, 0.29) is 23.6 Å². The van der Waals surface area contributed by atoms with Crippen molar-refractivity contribution in [3.05, 3.63) is 29.8 Å². The maximum Gasteiger partial charge on any atom is 0.240 e. The third-order valence-electron chi connectivity index (χ3n) is 3.45. The Morgan fingerprint density at radius 1 is 1.37 bits per heavy atom. The number of carbonyl (C=O) groups is 1. The maximum absolute atomic E-state index is 12.4. The van der Waals surface area contributed by atoms with Gasteiger partial charge in [-0.2, -0.15) is 0 Å². The maximum atomic E-state index is 12.4. The van der Waals surface area contributed by atoms with Gasteiger partial charge in [0.15, 0.2) is 0 Å². The lowest BCUT2D eigenvalue weighted by Crippen LogP contribution is -2.47. The van der Waals surface area contributed by atoms with Gasteiger partial charge in [-0.05, 0) is 37.5 Å². The second-order valence-corrected chi connectivity index (χ2v) is 5.17. The van der Waals surface area contributed by atoms with E-state index in [9.17, 15) is 9.90 Å². The minimum Gasteiger partial charge on any atom is -0.508 e. The molecular formula is C15H24N2O2. The first-order valence-corrected chi connectivity index (χ1v) is 6.73. The number of carbonyl (C=O) groups excluding carboxylic acids is 1. The van der Waals surface area contributed by atoms with Crippen LogP contribution in [0.15, 0.2) is 24.3 Å². The molecular weight excluding hydrogens is 240 g/mol. The lowest BCUT2D eigenvalue weighted by atomic mass is 10.0. The number of hydrogen-bond donors (Lipinski definition) is 2. The highest BCUT2D eigenvalue weighted by Gasteiger charge is 2.26. The number of aromatic hydroxyl groups is 1. The molecule has 106 valence electrons. The molecule has 0 radical (unpaired) electrons. The molecule has 0 spiro atoms. The summed E-state index contributed by atoms with van der Waals surface area (Å²) in [5.74, 6) is 0.271. The van der Waals surface area contributed by atoms with E-state index in [1.54, 1.807) is 23.1 Å². The van der Waals surface area contributed by atoms with Crippen molar-refractivity contribution in [1.82, 2.24) is 4.90 Å². The van der Waals surface area contributed by atoms with E-state index in [0.29, 0.717) is 6.54 Å². The molecule has 1 rings (SSSR count). The molecule has 4 nitrogen and oxygen atoms in total. The summed E-state index contributed by atoms with van der Waals surface area (Å²) >= 11 is 0. The number of rotatable bonds is 5. The Balaban J connectivity index is 2.94. The Kier molecular flexibility index (Phi) is 5.36. The van der Waals surface area contributed by atoms with Crippen molar-refractivity contribution in [2.24, 2.45) is 11.7 Å². The second-order valence-electron chi connectivity index (χ2n) is 5.17. The van der Waals surface area contributed by atoms with Crippen LogP contribution in [0.1, 0.15) is 39.3 Å². The van der Waals surface area contributed by atoms with Gasteiger partial charge in [0.2, 0.25) is 5.91 Å². The average molecular weight is 264 g/mol. The summed E-state index contributed by atoms with van der Waals surface area (Å²) in [6, 6.07) is 6.40. The van der Waals surface area contributed by atoms with Gasteiger partial charge in [0.05, 0.1) is 12.1 Å². The molecule has 0 saturated carbocycles. The number of phenolic OH excluding ortho intramolecular Hbond substituents is 1. The van der Waals surface area contributed by atoms with Crippen molar-refractivity contribution in [2.75, 3.05) is 6.54 Å². The number of phenols is 1. The SMILES string of the molecule is CCN(C(=O)[C@@H](N)C(C)C)C(C)c1cccc(O)c1. The van der Waals surface area contributed by atoms with E-state index in [2.05, 4.69) is 0 Å². The van der Waals surface area contributed by atoms with Crippen LogP contribution in [0, 0.1) is 5.92 Å². The van der Waals surface area contributed by atoms with Gasteiger partial charge in [0.25, 0.3) is 0 Å². The third kappa shape index (κ3) is 3.70. The minimum absolute atomic E-state index is 0.0478. The number of amides is 1. The topological polar surface area (TPSA) is 66.6 Å². The zero-order valence-corrected chi connectivity index (χ0v) is 12.1. The van der Waals surface area contributed by atoms with E-state index in [0.717, 1.165) is 5.56 Å². The zero-order chi connectivity index (χ0) is 14.6. The van der Waals surface area contributed by atoms with E-state index < -0.39 is 6.04 Å². The number of hydrogen-bond acceptors (Lipinski definition) is 3. The van der Waals surface area contributed by atoms with Gasteiger partial charge in [-0.25, -0.2) is 0 Å². The summed E-state index contributed by atoms with van der Waals surface area (Å²) in [6.45, 7) is 8.36. The molecule has 0 fully saturated rings. The molecule has 1 aromatic carbocycles. The Labute approximate surface area is 115 Å². The molecule has 1 aromatic rings. The fourth-order valence-electron chi connectivity index (χ4n) is 2.06. The Morgan fingerprint density at radius 3 is 2.47 bits per heavy atom. The zero-order valence-electron chi connectivity index (χ0n) is 12.1. The van der Waals surface area contributed by atoms with Crippen LogP contribution in [-0.2, 0) is 4.79 Å². The molecule has 1 unspecified atom stereocenters. The van der Waals surface area contributed by atoms with Gasteiger partial charge >= 0.3 is 0 Å². The van der Waals surface area contributed by atoms with Crippen LogP contribution in [0.5, 0.6) is 5.75 Å². The van der Waals surface area contributed by atoms with Crippen LogP contribution >= 0.6 is 0 Å². The molecule has 0 aliphatic rings. The lowest BCUT2D eigenvalue weighted by Gasteiger charge is -2.31. The molecule has 2 atom stereocenters. The monoisotopic (exact) mass is 264 g/mol. The normalized spacial score (nSPS) is 14.2. The fourth-order valence-corrected chi connectivity index (χ4v) is 2.06. The molecule has 19 heavy (non-hydrogen) atoms. The van der Waals surface area contributed by atoms with Crippen LogP contribution < -0.4 is 5.73 Å². The van der Waals surface area contributed by atoms with Crippen LogP contribution in [0.3, 0.4) is 0 Å². The van der Waals surface area contributed by atoms with Crippen LogP contribution in [0.4, 0.5) is 0 Å². The van der Waals surface area contributed by atoms with Crippen LogP contribution in [0.2, 0.25) is 0 Å². The van der Waals surface area contributed by atoms with Crippen molar-refractivity contribution >= 4 is 5.91 Å². The summed E-state index contributed by atoms with van der Waals surface area (Å²) < 4.78 is 0. The van der Waals surface area contributed by atoms with Crippen molar-refractivity contribution in [2.45, 2.75) is 39.8 Å². The average Bonchev–Trinajstić information content (AvgIpc) is 2.38. The largest absolute Gasteiger partial charge is 0.508 e. The number of likely N-dealkylation sites (N-methyl/N-ethyl adjacent to an activating group) is 1. The molecule has 0 heterocycles. The van der Waals surface area contributed by atoms with Gasteiger partial charge < -0.3 is 15.7 Å². The summed E-state index contributed by atoms with van der Waals surface area (Å²) in [6.07, 6.45) is 0. The minimum atomic E-state index is -0.486. The summed E-state index contributed by atoms with van der Waals surface area (Å²) in [5, 5.41) is 9.52. The molecule has 3 N–H and O–H groups in total. The first-order chi connectivity index (χ1) is 8.88.